The van der Waals surface area contributed by atoms with E-state index in [-0.39, 0.29) is 6.61 Å². The van der Waals surface area contributed by atoms with Gasteiger partial charge in [-0.2, -0.15) is 5.10 Å². The molecule has 0 saturated heterocycles. The van der Waals surface area contributed by atoms with Gasteiger partial charge in [-0.1, -0.05) is 62.4 Å². The first-order valence-electron chi connectivity index (χ1n) is 11.9. The molecule has 0 atom stereocenters. The third-order valence-electron chi connectivity index (χ3n) is 6.20. The Morgan fingerprint density at radius 2 is 1.69 bits per heavy atom. The number of para-hydroxylation sites is 1. The Bertz CT molecular complexity index is 1600. The van der Waals surface area contributed by atoms with E-state index >= 15 is 0 Å². The number of ether oxygens (including phenoxy) is 1. The highest BCUT2D eigenvalue weighted by Gasteiger charge is 2.21. The van der Waals surface area contributed by atoms with E-state index in [4.69, 9.17) is 9.15 Å². The van der Waals surface area contributed by atoms with Crippen LogP contribution in [0.3, 0.4) is 0 Å². The Balaban J connectivity index is 1.51. The summed E-state index contributed by atoms with van der Waals surface area (Å²) >= 11 is 0. The van der Waals surface area contributed by atoms with Crippen LogP contribution in [0.4, 0.5) is 0 Å². The molecule has 0 saturated carbocycles. The molecule has 5 rings (SSSR count). The van der Waals surface area contributed by atoms with Crippen molar-refractivity contribution in [3.8, 4) is 16.9 Å². The lowest BCUT2D eigenvalue weighted by atomic mass is 9.95. The topological polar surface area (TPSA) is 74.3 Å². The van der Waals surface area contributed by atoms with Crippen molar-refractivity contribution in [3.05, 3.63) is 118 Å². The standard InChI is InChI=1S/C30H26N2O4/c1-19(2)24-16-25-22(15-28(33)36-27(25)14-20(24)3)18-35-30(34)26-17-32(23-12-8-5-9-13-23)31-29(26)21-10-6-4-7-11-21/h4-17,19H,18H2,1-3H3. The zero-order valence-corrected chi connectivity index (χ0v) is 20.4. The molecule has 0 spiro atoms. The molecular formula is C30H26N2O4. The molecule has 0 unspecified atom stereocenters. The Morgan fingerprint density at radius 3 is 2.39 bits per heavy atom. The lowest BCUT2D eigenvalue weighted by molar-refractivity contribution is 0.0474. The molecule has 5 aromatic rings. The highest BCUT2D eigenvalue weighted by molar-refractivity contribution is 5.96. The van der Waals surface area contributed by atoms with E-state index in [9.17, 15) is 9.59 Å². The molecule has 6 heteroatoms. The first-order valence-corrected chi connectivity index (χ1v) is 11.9. The molecule has 0 amide bonds. The number of aryl methyl sites for hydroxylation is 1. The van der Waals surface area contributed by atoms with Gasteiger partial charge in [-0.25, -0.2) is 14.3 Å². The zero-order valence-electron chi connectivity index (χ0n) is 20.4. The second kappa shape index (κ2) is 9.66. The summed E-state index contributed by atoms with van der Waals surface area (Å²) in [4.78, 5) is 25.6. The van der Waals surface area contributed by atoms with Gasteiger partial charge in [-0.15, -0.1) is 0 Å². The predicted octanol–water partition coefficient (Wildman–Crippen LogP) is 6.43. The number of benzene rings is 3. The van der Waals surface area contributed by atoms with Crippen molar-refractivity contribution < 1.29 is 13.9 Å². The van der Waals surface area contributed by atoms with Crippen LogP contribution in [0.15, 0.2) is 94.3 Å². The molecule has 0 fully saturated rings. The first-order chi connectivity index (χ1) is 17.4. The summed E-state index contributed by atoms with van der Waals surface area (Å²) in [6.07, 6.45) is 1.68. The van der Waals surface area contributed by atoms with Crippen molar-refractivity contribution in [2.75, 3.05) is 0 Å². The number of hydrogen-bond donors (Lipinski definition) is 0. The summed E-state index contributed by atoms with van der Waals surface area (Å²) in [5.41, 5.74) is 5.32. The molecule has 0 N–H and O–H groups in total. The van der Waals surface area contributed by atoms with Gasteiger partial charge >= 0.3 is 11.6 Å². The summed E-state index contributed by atoms with van der Waals surface area (Å²) < 4.78 is 12.8. The van der Waals surface area contributed by atoms with Gasteiger partial charge < -0.3 is 9.15 Å². The number of hydrogen-bond acceptors (Lipinski definition) is 5. The number of carbonyl (C=O) groups excluding carboxylic acids is 1. The second-order valence-corrected chi connectivity index (χ2v) is 9.06. The van der Waals surface area contributed by atoms with Crippen molar-refractivity contribution in [3.63, 3.8) is 0 Å². The van der Waals surface area contributed by atoms with Crippen LogP contribution in [0.25, 0.3) is 27.9 Å². The Morgan fingerprint density at radius 1 is 1.00 bits per heavy atom. The maximum atomic E-state index is 13.3. The van der Waals surface area contributed by atoms with Gasteiger partial charge in [-0.05, 0) is 48.2 Å². The minimum atomic E-state index is -0.520. The fourth-order valence-corrected chi connectivity index (χ4v) is 4.40. The molecule has 0 aliphatic carbocycles. The molecule has 180 valence electrons. The molecular weight excluding hydrogens is 452 g/mol. The van der Waals surface area contributed by atoms with Crippen LogP contribution in [0.2, 0.25) is 0 Å². The molecule has 2 aromatic heterocycles. The van der Waals surface area contributed by atoms with E-state index < -0.39 is 11.6 Å². The molecule has 2 heterocycles. The number of rotatable bonds is 6. The van der Waals surface area contributed by atoms with Gasteiger partial charge in [0.15, 0.2) is 0 Å². The third-order valence-corrected chi connectivity index (χ3v) is 6.20. The van der Waals surface area contributed by atoms with E-state index in [2.05, 4.69) is 18.9 Å². The van der Waals surface area contributed by atoms with E-state index in [1.54, 1.807) is 10.9 Å². The van der Waals surface area contributed by atoms with Crippen LogP contribution in [-0.2, 0) is 11.3 Å². The molecule has 6 nitrogen and oxygen atoms in total. The number of aromatic nitrogens is 2. The number of carbonyl (C=O) groups is 1. The van der Waals surface area contributed by atoms with Crippen LogP contribution in [0.5, 0.6) is 0 Å². The summed E-state index contributed by atoms with van der Waals surface area (Å²) in [6.45, 7) is 6.16. The Kier molecular flexibility index (Phi) is 6.25. The first kappa shape index (κ1) is 23.3. The van der Waals surface area contributed by atoms with Crippen LogP contribution < -0.4 is 5.63 Å². The monoisotopic (exact) mass is 478 g/mol. The molecule has 0 aliphatic heterocycles. The van der Waals surface area contributed by atoms with Gasteiger partial charge in [0, 0.05) is 28.8 Å². The predicted molar refractivity (Wildman–Crippen MR) is 139 cm³/mol. The average Bonchev–Trinajstić information content (AvgIpc) is 3.33. The fourth-order valence-electron chi connectivity index (χ4n) is 4.40. The van der Waals surface area contributed by atoms with Crippen molar-refractivity contribution in [1.29, 1.82) is 0 Å². The largest absolute Gasteiger partial charge is 0.457 e. The third kappa shape index (κ3) is 4.58. The molecule has 36 heavy (non-hydrogen) atoms. The lowest BCUT2D eigenvalue weighted by Gasteiger charge is -2.13. The van der Waals surface area contributed by atoms with Gasteiger partial charge in [0.25, 0.3) is 0 Å². The summed E-state index contributed by atoms with van der Waals surface area (Å²) in [5.74, 6) is -0.220. The lowest BCUT2D eigenvalue weighted by Crippen LogP contribution is -2.09. The van der Waals surface area contributed by atoms with Crippen LogP contribution in [-0.4, -0.2) is 15.7 Å². The van der Waals surface area contributed by atoms with E-state index in [1.807, 2.05) is 79.7 Å². The molecule has 0 bridgehead atoms. The van der Waals surface area contributed by atoms with Crippen molar-refractivity contribution in [1.82, 2.24) is 9.78 Å². The average molecular weight is 479 g/mol. The smallest absolute Gasteiger partial charge is 0.342 e. The van der Waals surface area contributed by atoms with E-state index in [1.165, 1.54) is 6.07 Å². The van der Waals surface area contributed by atoms with Crippen LogP contribution in [0.1, 0.15) is 46.8 Å². The van der Waals surface area contributed by atoms with Crippen molar-refractivity contribution >= 4 is 16.9 Å². The number of fused-ring (bicyclic) bond motifs is 1. The zero-order chi connectivity index (χ0) is 25.2. The second-order valence-electron chi connectivity index (χ2n) is 9.06. The van der Waals surface area contributed by atoms with Gasteiger partial charge in [0.1, 0.15) is 23.4 Å². The highest BCUT2D eigenvalue weighted by atomic mass is 16.5. The van der Waals surface area contributed by atoms with Crippen molar-refractivity contribution in [2.24, 2.45) is 0 Å². The normalized spacial score (nSPS) is 11.2. The maximum absolute atomic E-state index is 13.3. The van der Waals surface area contributed by atoms with E-state index in [0.717, 1.165) is 27.8 Å². The van der Waals surface area contributed by atoms with Gasteiger partial charge in [-0.3, -0.25) is 0 Å². The molecule has 3 aromatic carbocycles. The van der Waals surface area contributed by atoms with Crippen molar-refractivity contribution in [2.45, 2.75) is 33.3 Å². The Hall–Kier alpha value is -4.45. The SMILES string of the molecule is Cc1cc2oc(=O)cc(COC(=O)c3cn(-c4ccccc4)nc3-c3ccccc3)c2cc1C(C)C. The highest BCUT2D eigenvalue weighted by Crippen LogP contribution is 2.28. The fraction of sp³-hybridized carbons (Fsp3) is 0.167. The minimum Gasteiger partial charge on any atom is -0.457 e. The summed E-state index contributed by atoms with van der Waals surface area (Å²) in [7, 11) is 0. The summed E-state index contributed by atoms with van der Waals surface area (Å²) in [5, 5.41) is 5.45. The van der Waals surface area contributed by atoms with Gasteiger partial charge in [0.05, 0.1) is 5.69 Å². The quantitative estimate of drug-likeness (QED) is 0.208. The number of esters is 1. The van der Waals surface area contributed by atoms with Gasteiger partial charge in [0.2, 0.25) is 0 Å². The molecule has 0 aliphatic rings. The number of nitrogens with zero attached hydrogens (tertiary/aromatic N) is 2. The van der Waals surface area contributed by atoms with Crippen LogP contribution in [0, 0.1) is 6.92 Å². The van der Waals surface area contributed by atoms with E-state index in [0.29, 0.717) is 28.3 Å². The Labute approximate surface area is 208 Å². The van der Waals surface area contributed by atoms with Crippen LogP contribution >= 0.6 is 0 Å². The minimum absolute atomic E-state index is 0.0632. The summed E-state index contributed by atoms with van der Waals surface area (Å²) in [6, 6.07) is 24.4. The molecule has 0 radical (unpaired) electrons. The maximum Gasteiger partial charge on any atom is 0.342 e.